The van der Waals surface area contributed by atoms with Gasteiger partial charge in [0.25, 0.3) is 0 Å². The minimum Gasteiger partial charge on any atom is -0.364 e. The largest absolute Gasteiger partial charge is 0.364 e. The van der Waals surface area contributed by atoms with Gasteiger partial charge in [0.1, 0.15) is 5.79 Å². The summed E-state index contributed by atoms with van der Waals surface area (Å²) in [6.45, 7) is 5.83. The summed E-state index contributed by atoms with van der Waals surface area (Å²) in [5.41, 5.74) is 0. The Morgan fingerprint density at radius 2 is 1.80 bits per heavy atom. The molecule has 0 atom stereocenters. The third-order valence-corrected chi connectivity index (χ3v) is 1.71. The summed E-state index contributed by atoms with van der Waals surface area (Å²) in [6.07, 6.45) is 0. The summed E-state index contributed by atoms with van der Waals surface area (Å²) in [6, 6.07) is 0. The van der Waals surface area contributed by atoms with Gasteiger partial charge in [0, 0.05) is 0 Å². The second kappa shape index (κ2) is 3.75. The molecule has 0 rings (SSSR count). The van der Waals surface area contributed by atoms with Gasteiger partial charge in [0.05, 0.1) is 10.2 Å². The minimum atomic E-state index is -0.209. The molecular formula is C6H17N3Si. The van der Waals surface area contributed by atoms with Crippen LogP contribution in [0.15, 0.2) is 11.9 Å². The van der Waals surface area contributed by atoms with Crippen LogP contribution in [0.3, 0.4) is 0 Å². The number of hydrogen-bond donors (Lipinski definition) is 3. The van der Waals surface area contributed by atoms with Gasteiger partial charge in [0.15, 0.2) is 0 Å². The van der Waals surface area contributed by atoms with Crippen molar-refractivity contribution >= 4 is 10.2 Å². The van der Waals surface area contributed by atoms with E-state index in [4.69, 9.17) is 0 Å². The highest BCUT2D eigenvalue weighted by Gasteiger charge is 2.16. The Balaban J connectivity index is 3.92. The van der Waals surface area contributed by atoms with Crippen molar-refractivity contribution in [3.8, 4) is 0 Å². The fourth-order valence-corrected chi connectivity index (χ4v) is 1.18. The highest BCUT2D eigenvalue weighted by atomic mass is 28.1. The van der Waals surface area contributed by atoms with Crippen LogP contribution in [0.4, 0.5) is 0 Å². The Hall–Kier alpha value is -0.323. The van der Waals surface area contributed by atoms with Crippen molar-refractivity contribution in [2.45, 2.75) is 12.7 Å². The summed E-state index contributed by atoms with van der Waals surface area (Å²) in [7, 11) is 4.77. The third kappa shape index (κ3) is 3.00. The molecule has 3 N–H and O–H groups in total. The van der Waals surface area contributed by atoms with E-state index in [9.17, 15) is 0 Å². The van der Waals surface area contributed by atoms with Crippen molar-refractivity contribution in [3.63, 3.8) is 0 Å². The lowest BCUT2D eigenvalue weighted by Gasteiger charge is -2.31. The van der Waals surface area contributed by atoms with E-state index in [0.29, 0.717) is 0 Å². The molecule has 0 fully saturated rings. The average molecular weight is 159 g/mol. The third-order valence-electron chi connectivity index (χ3n) is 1.46. The molecule has 0 aliphatic heterocycles. The molecule has 0 spiro atoms. The van der Waals surface area contributed by atoms with Crippen LogP contribution in [0.2, 0.25) is 0 Å². The van der Waals surface area contributed by atoms with Gasteiger partial charge >= 0.3 is 0 Å². The lowest BCUT2D eigenvalue weighted by atomic mass is 10.4. The zero-order chi connectivity index (χ0) is 8.20. The Morgan fingerprint density at radius 3 is 1.90 bits per heavy atom. The van der Waals surface area contributed by atoms with Gasteiger partial charge in [0.2, 0.25) is 0 Å². The average Bonchev–Trinajstić information content (AvgIpc) is 1.87. The second-order valence-electron chi connectivity index (χ2n) is 2.53. The van der Waals surface area contributed by atoms with Crippen LogP contribution in [0, 0.1) is 0 Å². The first-order valence-corrected chi connectivity index (χ1v) is 4.35. The summed E-state index contributed by atoms with van der Waals surface area (Å²) < 4.78 is 0. The second-order valence-corrected chi connectivity index (χ2v) is 3.74. The van der Waals surface area contributed by atoms with Crippen molar-refractivity contribution in [2.75, 3.05) is 14.1 Å². The zero-order valence-electron chi connectivity index (χ0n) is 7.21. The standard InChI is InChI=1S/C6H17N3Si/c1-5(10)9-6(2,7-3)8-4/h7-9H,1H2,2-4,10H3. The molecular weight excluding hydrogens is 142 g/mol. The molecule has 4 heteroatoms. The first-order valence-electron chi connectivity index (χ1n) is 3.35. The summed E-state index contributed by atoms with van der Waals surface area (Å²) >= 11 is 0. The first kappa shape index (κ1) is 9.68. The van der Waals surface area contributed by atoms with Gasteiger partial charge in [-0.3, -0.25) is 10.6 Å². The maximum Gasteiger partial charge on any atom is 0.139 e. The molecule has 0 aromatic carbocycles. The minimum absolute atomic E-state index is 0.209. The van der Waals surface area contributed by atoms with Crippen molar-refractivity contribution < 1.29 is 0 Å². The van der Waals surface area contributed by atoms with Crippen molar-refractivity contribution in [3.05, 3.63) is 11.9 Å². The van der Waals surface area contributed by atoms with E-state index >= 15 is 0 Å². The van der Waals surface area contributed by atoms with Crippen LogP contribution in [-0.2, 0) is 0 Å². The fourth-order valence-electron chi connectivity index (χ4n) is 0.677. The molecule has 3 nitrogen and oxygen atoms in total. The molecule has 0 unspecified atom stereocenters. The van der Waals surface area contributed by atoms with E-state index in [0.717, 1.165) is 15.6 Å². The molecule has 0 aromatic rings. The molecule has 10 heavy (non-hydrogen) atoms. The van der Waals surface area contributed by atoms with Crippen LogP contribution in [0.1, 0.15) is 6.92 Å². The van der Waals surface area contributed by atoms with E-state index < -0.39 is 0 Å². The molecule has 0 saturated carbocycles. The zero-order valence-corrected chi connectivity index (χ0v) is 9.21. The van der Waals surface area contributed by atoms with Gasteiger partial charge in [-0.2, -0.15) is 0 Å². The maximum absolute atomic E-state index is 3.81. The molecule has 60 valence electrons. The summed E-state index contributed by atoms with van der Waals surface area (Å²) in [5, 5.41) is 10.5. The van der Waals surface area contributed by atoms with Crippen molar-refractivity contribution in [1.82, 2.24) is 16.0 Å². The highest BCUT2D eigenvalue weighted by Crippen LogP contribution is 1.91. The smallest absolute Gasteiger partial charge is 0.139 e. The van der Waals surface area contributed by atoms with Gasteiger partial charge in [-0.05, 0) is 26.3 Å². The van der Waals surface area contributed by atoms with Gasteiger partial charge < -0.3 is 5.32 Å². The van der Waals surface area contributed by atoms with Crippen LogP contribution in [-0.4, -0.2) is 30.1 Å². The summed E-state index contributed by atoms with van der Waals surface area (Å²) in [5.74, 6) is -0.209. The number of hydrogen-bond acceptors (Lipinski definition) is 3. The quantitative estimate of drug-likeness (QED) is 0.346. The van der Waals surface area contributed by atoms with Gasteiger partial charge in [-0.1, -0.05) is 6.58 Å². The Bertz CT molecular complexity index is 120. The molecule has 0 aliphatic rings. The van der Waals surface area contributed by atoms with Crippen molar-refractivity contribution in [2.24, 2.45) is 0 Å². The topological polar surface area (TPSA) is 36.1 Å². The van der Waals surface area contributed by atoms with E-state index in [1.165, 1.54) is 0 Å². The van der Waals surface area contributed by atoms with Gasteiger partial charge in [-0.15, -0.1) is 0 Å². The molecule has 0 heterocycles. The Labute approximate surface area is 65.7 Å². The highest BCUT2D eigenvalue weighted by molar-refractivity contribution is 6.20. The predicted molar refractivity (Wildman–Crippen MR) is 48.7 cm³/mol. The van der Waals surface area contributed by atoms with Crippen LogP contribution >= 0.6 is 0 Å². The molecule has 0 saturated heterocycles. The molecule has 0 aliphatic carbocycles. The molecule has 0 bridgehead atoms. The first-order chi connectivity index (χ1) is 4.54. The van der Waals surface area contributed by atoms with Gasteiger partial charge in [-0.25, -0.2) is 0 Å². The maximum atomic E-state index is 3.81. The lowest BCUT2D eigenvalue weighted by molar-refractivity contribution is 0.286. The number of nitrogens with one attached hydrogen (secondary N) is 3. The number of rotatable bonds is 4. The van der Waals surface area contributed by atoms with E-state index in [1.807, 2.05) is 21.0 Å². The van der Waals surface area contributed by atoms with Crippen molar-refractivity contribution in [1.29, 1.82) is 0 Å². The van der Waals surface area contributed by atoms with Crippen LogP contribution in [0.5, 0.6) is 0 Å². The predicted octanol–water partition coefficient (Wildman–Crippen LogP) is -1.47. The van der Waals surface area contributed by atoms with E-state index in [2.05, 4.69) is 22.5 Å². The normalized spacial score (nSPS) is 11.5. The fraction of sp³-hybridized carbons (Fsp3) is 0.667. The van der Waals surface area contributed by atoms with E-state index in [1.54, 1.807) is 0 Å². The molecule has 0 amide bonds. The molecule has 0 radical (unpaired) electrons. The van der Waals surface area contributed by atoms with Crippen LogP contribution in [0.25, 0.3) is 0 Å². The summed E-state index contributed by atoms with van der Waals surface area (Å²) in [4.78, 5) is 0. The van der Waals surface area contributed by atoms with E-state index in [-0.39, 0.29) is 5.79 Å². The lowest BCUT2D eigenvalue weighted by Crippen LogP contribution is -2.61. The molecule has 0 aromatic heterocycles. The monoisotopic (exact) mass is 159 g/mol. The Morgan fingerprint density at radius 1 is 1.40 bits per heavy atom. The Kier molecular flexibility index (Phi) is 3.63. The van der Waals surface area contributed by atoms with Crippen LogP contribution < -0.4 is 16.0 Å². The SMILES string of the molecule is C=C([SiH3])NC(C)(NC)NC.